The zero-order chi connectivity index (χ0) is 27.0. The molecule has 3 amide bonds. The molecule has 0 aliphatic rings. The first-order valence-electron chi connectivity index (χ1n) is 12.2. The molecule has 2 atom stereocenters. The van der Waals surface area contributed by atoms with Crippen LogP contribution in [0.3, 0.4) is 0 Å². The third-order valence-electron chi connectivity index (χ3n) is 5.80. The number of phenols is 1. The number of carbonyl (C=O) groups excluding carboxylic acids is 3. The van der Waals surface area contributed by atoms with E-state index in [0.717, 1.165) is 33.6 Å². The van der Waals surface area contributed by atoms with Crippen LogP contribution >= 0.6 is 0 Å². The summed E-state index contributed by atoms with van der Waals surface area (Å²) in [5.74, 6) is -1.05. The zero-order valence-electron chi connectivity index (χ0n) is 22.1. The first-order valence-corrected chi connectivity index (χ1v) is 12.2. The van der Waals surface area contributed by atoms with Gasteiger partial charge in [-0.25, -0.2) is 9.69 Å². The monoisotopic (exact) mass is 497 g/mol. The van der Waals surface area contributed by atoms with Gasteiger partial charge in [-0.05, 0) is 95.2 Å². The highest BCUT2D eigenvalue weighted by Crippen LogP contribution is 2.23. The maximum absolute atomic E-state index is 13.4. The molecule has 2 aromatic carbocycles. The van der Waals surface area contributed by atoms with Gasteiger partial charge in [0.05, 0.1) is 6.04 Å². The van der Waals surface area contributed by atoms with Crippen LogP contribution in [0, 0.1) is 13.8 Å². The first-order chi connectivity index (χ1) is 16.8. The van der Waals surface area contributed by atoms with E-state index in [2.05, 4.69) is 5.32 Å². The second-order valence-corrected chi connectivity index (χ2v) is 10.1. The van der Waals surface area contributed by atoms with Crippen molar-refractivity contribution in [2.75, 3.05) is 6.54 Å². The van der Waals surface area contributed by atoms with Crippen LogP contribution in [0.25, 0.3) is 0 Å². The Morgan fingerprint density at radius 3 is 2.22 bits per heavy atom. The van der Waals surface area contributed by atoms with E-state index in [1.54, 1.807) is 32.9 Å². The summed E-state index contributed by atoms with van der Waals surface area (Å²) in [5.41, 5.74) is 8.92. The molecule has 0 aromatic heterocycles. The van der Waals surface area contributed by atoms with E-state index in [1.807, 2.05) is 44.2 Å². The number of hydrogen-bond donors (Lipinski definition) is 3. The van der Waals surface area contributed by atoms with Crippen LogP contribution in [0.1, 0.15) is 56.4 Å². The second kappa shape index (κ2) is 12.5. The van der Waals surface area contributed by atoms with Crippen LogP contribution in [-0.4, -0.2) is 52.1 Å². The molecule has 0 heterocycles. The molecule has 0 fully saturated rings. The van der Waals surface area contributed by atoms with Crippen LogP contribution < -0.4 is 11.1 Å². The van der Waals surface area contributed by atoms with Crippen molar-refractivity contribution in [2.45, 2.75) is 78.5 Å². The number of carbonyl (C=O) groups is 3. The Morgan fingerprint density at radius 1 is 1.08 bits per heavy atom. The van der Waals surface area contributed by atoms with Gasteiger partial charge >= 0.3 is 6.09 Å². The molecular formula is C28H39N3O5. The number of ether oxygens (including phenoxy) is 1. The van der Waals surface area contributed by atoms with E-state index in [1.165, 1.54) is 6.92 Å². The van der Waals surface area contributed by atoms with Gasteiger partial charge in [0.2, 0.25) is 11.8 Å². The lowest BCUT2D eigenvalue weighted by Gasteiger charge is -2.31. The minimum atomic E-state index is -1.11. The van der Waals surface area contributed by atoms with Gasteiger partial charge in [0.1, 0.15) is 17.4 Å². The molecule has 196 valence electrons. The predicted molar refractivity (Wildman–Crippen MR) is 140 cm³/mol. The average molecular weight is 498 g/mol. The summed E-state index contributed by atoms with van der Waals surface area (Å²) in [5, 5.41) is 12.6. The number of amides is 3. The Balaban J connectivity index is 2.14. The number of aromatic hydroxyl groups is 1. The van der Waals surface area contributed by atoms with Crippen molar-refractivity contribution in [3.05, 3.63) is 64.7 Å². The Bertz CT molecular complexity index is 1040. The van der Waals surface area contributed by atoms with Gasteiger partial charge in [-0.1, -0.05) is 30.3 Å². The van der Waals surface area contributed by atoms with Crippen molar-refractivity contribution in [1.82, 2.24) is 10.2 Å². The number of rotatable bonds is 9. The summed E-state index contributed by atoms with van der Waals surface area (Å²) in [6, 6.07) is 10.9. The fourth-order valence-electron chi connectivity index (χ4n) is 3.94. The van der Waals surface area contributed by atoms with E-state index in [4.69, 9.17) is 10.5 Å². The van der Waals surface area contributed by atoms with Gasteiger partial charge in [0.25, 0.3) is 0 Å². The molecule has 0 aliphatic carbocycles. The van der Waals surface area contributed by atoms with Crippen LogP contribution in [0.4, 0.5) is 4.79 Å². The highest BCUT2D eigenvalue weighted by atomic mass is 16.6. The average Bonchev–Trinajstić information content (AvgIpc) is 2.78. The Hall–Kier alpha value is -3.39. The van der Waals surface area contributed by atoms with Crippen LogP contribution in [-0.2, 0) is 27.2 Å². The molecular weight excluding hydrogens is 458 g/mol. The topological polar surface area (TPSA) is 122 Å². The normalized spacial score (nSPS) is 13.0. The second-order valence-electron chi connectivity index (χ2n) is 10.1. The summed E-state index contributed by atoms with van der Waals surface area (Å²) in [7, 11) is 0. The lowest BCUT2D eigenvalue weighted by molar-refractivity contribution is -0.139. The Kier molecular flexibility index (Phi) is 10.0. The van der Waals surface area contributed by atoms with Gasteiger partial charge in [-0.3, -0.25) is 9.59 Å². The third kappa shape index (κ3) is 8.37. The molecule has 0 aliphatic heterocycles. The molecule has 8 nitrogen and oxygen atoms in total. The standard InChI is InChI=1S/C28H39N3O5/c1-18-15-22(32)16-19(2)23(18)17-24(29)26(34)31(27(35)36-28(4,5)6)20(3)25(33)30-14-10-13-21-11-8-7-9-12-21/h7-9,11-12,15-16,20,24,32H,10,13-14,17,29H2,1-6H3,(H,30,33)/t20-,24?/m1/s1. The Morgan fingerprint density at radius 2 is 1.67 bits per heavy atom. The summed E-state index contributed by atoms with van der Waals surface area (Å²) in [6.07, 6.45) is 0.720. The van der Waals surface area contributed by atoms with Crippen molar-refractivity contribution in [2.24, 2.45) is 5.73 Å². The summed E-state index contributed by atoms with van der Waals surface area (Å²) < 4.78 is 5.44. The molecule has 4 N–H and O–H groups in total. The number of benzene rings is 2. The number of hydrogen-bond acceptors (Lipinski definition) is 6. The van der Waals surface area contributed by atoms with Crippen LogP contribution in [0.15, 0.2) is 42.5 Å². The molecule has 1 unspecified atom stereocenters. The van der Waals surface area contributed by atoms with Crippen molar-refractivity contribution < 1.29 is 24.2 Å². The number of imide groups is 1. The van der Waals surface area contributed by atoms with Gasteiger partial charge in [0.15, 0.2) is 0 Å². The molecule has 0 bridgehead atoms. The Labute approximate surface area is 213 Å². The minimum Gasteiger partial charge on any atom is -0.508 e. The van der Waals surface area contributed by atoms with Crippen molar-refractivity contribution in [3.8, 4) is 5.75 Å². The number of nitrogens with two attached hydrogens (primary N) is 1. The number of nitrogens with one attached hydrogen (secondary N) is 1. The fourth-order valence-corrected chi connectivity index (χ4v) is 3.94. The maximum atomic E-state index is 13.4. The highest BCUT2D eigenvalue weighted by Gasteiger charge is 2.37. The molecule has 0 saturated carbocycles. The smallest absolute Gasteiger partial charge is 0.417 e. The fraction of sp³-hybridized carbons (Fsp3) is 0.464. The van der Waals surface area contributed by atoms with Crippen molar-refractivity contribution >= 4 is 17.9 Å². The highest BCUT2D eigenvalue weighted by molar-refractivity contribution is 6.00. The van der Waals surface area contributed by atoms with E-state index in [-0.39, 0.29) is 12.2 Å². The maximum Gasteiger partial charge on any atom is 0.417 e. The summed E-state index contributed by atoms with van der Waals surface area (Å²) >= 11 is 0. The molecule has 36 heavy (non-hydrogen) atoms. The first kappa shape index (κ1) is 28.8. The molecule has 2 rings (SSSR count). The lowest BCUT2D eigenvalue weighted by atomic mass is 9.95. The number of phenolic OH excluding ortho intramolecular Hbond substituents is 1. The van der Waals surface area contributed by atoms with Gasteiger partial charge in [-0.2, -0.15) is 0 Å². The lowest BCUT2D eigenvalue weighted by Crippen LogP contribution is -2.57. The van der Waals surface area contributed by atoms with Crippen LogP contribution in [0.2, 0.25) is 0 Å². The predicted octanol–water partition coefficient (Wildman–Crippen LogP) is 3.78. The molecule has 0 saturated heterocycles. The van der Waals surface area contributed by atoms with Gasteiger partial charge < -0.3 is 20.9 Å². The largest absolute Gasteiger partial charge is 0.508 e. The molecule has 8 heteroatoms. The third-order valence-corrected chi connectivity index (χ3v) is 5.80. The van der Waals surface area contributed by atoms with Crippen molar-refractivity contribution in [1.29, 1.82) is 0 Å². The number of aryl methyl sites for hydroxylation is 3. The van der Waals surface area contributed by atoms with Gasteiger partial charge in [0, 0.05) is 6.54 Å². The van der Waals surface area contributed by atoms with E-state index >= 15 is 0 Å². The summed E-state index contributed by atoms with van der Waals surface area (Å²) in [4.78, 5) is 40.1. The summed E-state index contributed by atoms with van der Waals surface area (Å²) in [6.45, 7) is 10.6. The van der Waals surface area contributed by atoms with Crippen LogP contribution in [0.5, 0.6) is 5.75 Å². The quantitative estimate of drug-likeness (QED) is 0.453. The van der Waals surface area contributed by atoms with Gasteiger partial charge in [-0.15, -0.1) is 0 Å². The molecule has 2 aromatic rings. The van der Waals surface area contributed by atoms with E-state index in [9.17, 15) is 19.5 Å². The van der Waals surface area contributed by atoms with E-state index < -0.39 is 35.6 Å². The van der Waals surface area contributed by atoms with Crippen molar-refractivity contribution in [3.63, 3.8) is 0 Å². The number of nitrogens with zero attached hydrogens (tertiary/aromatic N) is 1. The SMILES string of the molecule is Cc1cc(O)cc(C)c1CC(N)C(=O)N(C(=O)OC(C)(C)C)[C@H](C)C(=O)NCCCc1ccccc1. The zero-order valence-corrected chi connectivity index (χ0v) is 22.1. The molecule has 0 spiro atoms. The van der Waals surface area contributed by atoms with E-state index in [0.29, 0.717) is 13.0 Å². The minimum absolute atomic E-state index is 0.126. The molecule has 0 radical (unpaired) electrons.